The molecule has 0 aliphatic heterocycles. The number of rotatable bonds is 6. The SMILES string of the molecule is COc1ccc(Cn2cc(-c3csc(Nc4nccc(C)n4)n3)cn2)cc1. The van der Waals surface area contributed by atoms with Gasteiger partial charge in [-0.3, -0.25) is 4.68 Å². The first-order valence-electron chi connectivity index (χ1n) is 8.37. The van der Waals surface area contributed by atoms with Crippen molar-refractivity contribution in [1.82, 2.24) is 24.7 Å². The van der Waals surface area contributed by atoms with Crippen LogP contribution in [0.2, 0.25) is 0 Å². The van der Waals surface area contributed by atoms with E-state index in [1.807, 2.05) is 59.7 Å². The Morgan fingerprint density at radius 2 is 2.00 bits per heavy atom. The zero-order chi connectivity index (χ0) is 18.6. The van der Waals surface area contributed by atoms with Gasteiger partial charge in [-0.25, -0.2) is 15.0 Å². The van der Waals surface area contributed by atoms with Gasteiger partial charge in [0, 0.05) is 29.0 Å². The van der Waals surface area contributed by atoms with Crippen LogP contribution in [0.15, 0.2) is 54.3 Å². The van der Waals surface area contributed by atoms with Crippen LogP contribution in [0.4, 0.5) is 11.1 Å². The van der Waals surface area contributed by atoms with Gasteiger partial charge in [0.15, 0.2) is 5.13 Å². The summed E-state index contributed by atoms with van der Waals surface area (Å²) in [5.41, 5.74) is 3.90. The number of thiazole rings is 1. The van der Waals surface area contributed by atoms with Gasteiger partial charge in [-0.1, -0.05) is 12.1 Å². The van der Waals surface area contributed by atoms with Crippen molar-refractivity contribution in [2.24, 2.45) is 0 Å². The molecular formula is C19H18N6OS. The third-order valence-corrected chi connectivity index (χ3v) is 4.71. The Bertz CT molecular complexity index is 1040. The maximum Gasteiger partial charge on any atom is 0.229 e. The van der Waals surface area contributed by atoms with Gasteiger partial charge in [0.25, 0.3) is 0 Å². The Morgan fingerprint density at radius 3 is 2.78 bits per heavy atom. The first-order chi connectivity index (χ1) is 13.2. The fraction of sp³-hybridized carbons (Fsp3) is 0.158. The van der Waals surface area contributed by atoms with Crippen molar-refractivity contribution in [2.45, 2.75) is 13.5 Å². The van der Waals surface area contributed by atoms with E-state index in [2.05, 4.69) is 25.4 Å². The molecule has 1 aromatic carbocycles. The summed E-state index contributed by atoms with van der Waals surface area (Å²) in [7, 11) is 1.66. The van der Waals surface area contributed by atoms with Crippen LogP contribution in [-0.2, 0) is 6.54 Å². The third kappa shape index (κ3) is 4.12. The average molecular weight is 378 g/mol. The lowest BCUT2D eigenvalue weighted by atomic mass is 10.2. The van der Waals surface area contributed by atoms with Crippen molar-refractivity contribution in [2.75, 3.05) is 12.4 Å². The van der Waals surface area contributed by atoms with Crippen LogP contribution in [-0.4, -0.2) is 31.8 Å². The Labute approximate surface area is 160 Å². The largest absolute Gasteiger partial charge is 0.497 e. The van der Waals surface area contributed by atoms with Crippen LogP contribution in [0, 0.1) is 6.92 Å². The summed E-state index contributed by atoms with van der Waals surface area (Å²) < 4.78 is 7.08. The average Bonchev–Trinajstić information content (AvgIpc) is 3.32. The highest BCUT2D eigenvalue weighted by molar-refractivity contribution is 7.14. The van der Waals surface area contributed by atoms with Crippen LogP contribution in [0.25, 0.3) is 11.3 Å². The Hall–Kier alpha value is -3.26. The number of aryl methyl sites for hydroxylation is 1. The molecule has 27 heavy (non-hydrogen) atoms. The maximum absolute atomic E-state index is 5.19. The van der Waals surface area contributed by atoms with Gasteiger partial charge in [-0.2, -0.15) is 5.10 Å². The molecule has 7 nitrogen and oxygen atoms in total. The molecule has 4 aromatic rings. The molecule has 8 heteroatoms. The van der Waals surface area contributed by atoms with Crippen LogP contribution < -0.4 is 10.1 Å². The highest BCUT2D eigenvalue weighted by atomic mass is 32.1. The van der Waals surface area contributed by atoms with Crippen molar-refractivity contribution in [3.8, 4) is 17.0 Å². The predicted octanol–water partition coefficient (Wildman–Crippen LogP) is 3.91. The van der Waals surface area contributed by atoms with Gasteiger partial charge in [0.05, 0.1) is 25.5 Å². The molecule has 0 aliphatic rings. The lowest BCUT2D eigenvalue weighted by Crippen LogP contribution is -1.99. The summed E-state index contributed by atoms with van der Waals surface area (Å²) in [6.07, 6.45) is 5.54. The highest BCUT2D eigenvalue weighted by Gasteiger charge is 2.09. The Morgan fingerprint density at radius 1 is 1.15 bits per heavy atom. The molecule has 0 atom stereocenters. The van der Waals surface area contributed by atoms with E-state index < -0.39 is 0 Å². The van der Waals surface area contributed by atoms with Crippen molar-refractivity contribution < 1.29 is 4.74 Å². The topological polar surface area (TPSA) is 77.8 Å². The molecule has 0 saturated heterocycles. The van der Waals surface area contributed by atoms with E-state index in [-0.39, 0.29) is 0 Å². The van der Waals surface area contributed by atoms with Crippen molar-refractivity contribution in [3.05, 3.63) is 65.6 Å². The summed E-state index contributed by atoms with van der Waals surface area (Å²) in [6, 6.07) is 9.83. The summed E-state index contributed by atoms with van der Waals surface area (Å²) in [6.45, 7) is 2.62. The minimum Gasteiger partial charge on any atom is -0.497 e. The molecule has 0 unspecified atom stereocenters. The molecule has 0 radical (unpaired) electrons. The number of nitrogens with one attached hydrogen (secondary N) is 1. The van der Waals surface area contributed by atoms with Crippen molar-refractivity contribution in [3.63, 3.8) is 0 Å². The molecule has 3 aromatic heterocycles. The number of benzene rings is 1. The van der Waals surface area contributed by atoms with Crippen LogP contribution in [0.1, 0.15) is 11.3 Å². The van der Waals surface area contributed by atoms with E-state index in [9.17, 15) is 0 Å². The number of hydrogen-bond donors (Lipinski definition) is 1. The van der Waals surface area contributed by atoms with E-state index in [0.717, 1.165) is 33.4 Å². The van der Waals surface area contributed by atoms with Crippen molar-refractivity contribution in [1.29, 1.82) is 0 Å². The minimum atomic E-state index is 0.547. The molecule has 4 rings (SSSR count). The first-order valence-corrected chi connectivity index (χ1v) is 9.25. The lowest BCUT2D eigenvalue weighted by Gasteiger charge is -2.03. The maximum atomic E-state index is 5.19. The zero-order valence-electron chi connectivity index (χ0n) is 15.0. The lowest BCUT2D eigenvalue weighted by molar-refractivity contribution is 0.414. The second kappa shape index (κ2) is 7.55. The highest BCUT2D eigenvalue weighted by Crippen LogP contribution is 2.26. The van der Waals surface area contributed by atoms with Gasteiger partial charge in [0.1, 0.15) is 5.75 Å². The third-order valence-electron chi connectivity index (χ3n) is 3.95. The standard InChI is InChI=1S/C19H18N6OS/c1-13-7-8-20-18(22-13)24-19-23-17(12-27-19)15-9-21-25(11-15)10-14-3-5-16(26-2)6-4-14/h3-9,11-12H,10H2,1-2H3,(H,20,22,23,24). The fourth-order valence-electron chi connectivity index (χ4n) is 2.57. The number of aromatic nitrogens is 5. The number of ether oxygens (including phenoxy) is 1. The van der Waals surface area contributed by atoms with Gasteiger partial charge in [-0.05, 0) is 30.7 Å². The van der Waals surface area contributed by atoms with Gasteiger partial charge in [0.2, 0.25) is 5.95 Å². The van der Waals surface area contributed by atoms with Crippen LogP contribution in [0.3, 0.4) is 0 Å². The second-order valence-electron chi connectivity index (χ2n) is 5.96. The zero-order valence-corrected chi connectivity index (χ0v) is 15.8. The van der Waals surface area contributed by atoms with Gasteiger partial charge >= 0.3 is 0 Å². The number of methoxy groups -OCH3 is 1. The normalized spacial score (nSPS) is 10.7. The Kier molecular flexibility index (Phi) is 4.80. The molecule has 0 aliphatic carbocycles. The second-order valence-corrected chi connectivity index (χ2v) is 6.82. The van der Waals surface area contributed by atoms with E-state index in [0.29, 0.717) is 12.5 Å². The first kappa shape index (κ1) is 17.2. The molecule has 0 saturated carbocycles. The monoisotopic (exact) mass is 378 g/mol. The summed E-state index contributed by atoms with van der Waals surface area (Å²) in [4.78, 5) is 13.1. The number of nitrogens with zero attached hydrogens (tertiary/aromatic N) is 5. The quantitative estimate of drug-likeness (QED) is 0.548. The summed E-state index contributed by atoms with van der Waals surface area (Å²) >= 11 is 1.51. The molecule has 0 bridgehead atoms. The minimum absolute atomic E-state index is 0.547. The van der Waals surface area contributed by atoms with Crippen LogP contribution >= 0.6 is 11.3 Å². The molecule has 0 spiro atoms. The molecule has 0 amide bonds. The predicted molar refractivity (Wildman–Crippen MR) is 105 cm³/mol. The number of anilines is 2. The smallest absolute Gasteiger partial charge is 0.229 e. The number of hydrogen-bond acceptors (Lipinski definition) is 7. The molecule has 1 N–H and O–H groups in total. The fourth-order valence-corrected chi connectivity index (χ4v) is 3.28. The van der Waals surface area contributed by atoms with E-state index in [1.54, 1.807) is 13.3 Å². The van der Waals surface area contributed by atoms with E-state index in [4.69, 9.17) is 4.74 Å². The van der Waals surface area contributed by atoms with Gasteiger partial charge < -0.3 is 10.1 Å². The Balaban J connectivity index is 1.46. The summed E-state index contributed by atoms with van der Waals surface area (Å²) in [5.74, 6) is 1.39. The molecular weight excluding hydrogens is 360 g/mol. The van der Waals surface area contributed by atoms with E-state index >= 15 is 0 Å². The summed E-state index contributed by atoms with van der Waals surface area (Å²) in [5, 5.41) is 10.3. The van der Waals surface area contributed by atoms with Crippen molar-refractivity contribution >= 4 is 22.4 Å². The van der Waals surface area contributed by atoms with E-state index in [1.165, 1.54) is 11.3 Å². The molecule has 0 fully saturated rings. The van der Waals surface area contributed by atoms with Crippen LogP contribution in [0.5, 0.6) is 5.75 Å². The molecule has 3 heterocycles. The van der Waals surface area contributed by atoms with Gasteiger partial charge in [-0.15, -0.1) is 11.3 Å². The molecule has 136 valence electrons.